The van der Waals surface area contributed by atoms with Crippen LogP contribution in [-0.4, -0.2) is 50.4 Å². The molecule has 6 nitrogen and oxygen atoms in total. The Morgan fingerprint density at radius 1 is 1.37 bits per heavy atom. The summed E-state index contributed by atoms with van der Waals surface area (Å²) in [6.07, 6.45) is 2.99. The van der Waals surface area contributed by atoms with Crippen molar-refractivity contribution in [2.75, 3.05) is 34.1 Å². The van der Waals surface area contributed by atoms with Gasteiger partial charge in [-0.25, -0.2) is 0 Å². The average molecular weight is 375 g/mol. The number of benzene rings is 1. The zero-order valence-corrected chi connectivity index (χ0v) is 16.7. The van der Waals surface area contributed by atoms with Gasteiger partial charge in [-0.2, -0.15) is 0 Å². The maximum Gasteiger partial charge on any atom is 0.231 e. The average Bonchev–Trinajstić information content (AvgIpc) is 3.09. The molecule has 27 heavy (non-hydrogen) atoms. The molecule has 3 heterocycles. The first-order valence-corrected chi connectivity index (χ1v) is 9.76. The molecule has 3 aliphatic heterocycles. The van der Waals surface area contributed by atoms with E-state index in [-0.39, 0.29) is 24.4 Å². The molecular weight excluding hydrogens is 346 g/mol. The van der Waals surface area contributed by atoms with Crippen molar-refractivity contribution >= 4 is 5.78 Å². The molecule has 0 amide bonds. The molecule has 0 aliphatic carbocycles. The van der Waals surface area contributed by atoms with E-state index in [9.17, 15) is 4.79 Å². The second kappa shape index (κ2) is 6.99. The van der Waals surface area contributed by atoms with Crippen molar-refractivity contribution in [2.45, 2.75) is 51.2 Å². The van der Waals surface area contributed by atoms with E-state index in [2.05, 4.69) is 31.9 Å². The van der Waals surface area contributed by atoms with E-state index < -0.39 is 0 Å². The molecule has 148 valence electrons. The van der Waals surface area contributed by atoms with Gasteiger partial charge in [0.2, 0.25) is 12.5 Å². The number of likely N-dealkylation sites (N-methyl/N-ethyl adjacent to an activating group) is 1. The molecule has 1 aromatic rings. The zero-order chi connectivity index (χ0) is 19.2. The molecule has 0 aromatic heterocycles. The van der Waals surface area contributed by atoms with E-state index in [4.69, 9.17) is 18.9 Å². The van der Waals surface area contributed by atoms with Gasteiger partial charge in [-0.05, 0) is 51.8 Å². The highest BCUT2D eigenvalue weighted by molar-refractivity contribution is 5.82. The molecule has 0 spiro atoms. The Labute approximate surface area is 160 Å². The van der Waals surface area contributed by atoms with E-state index in [1.54, 1.807) is 7.11 Å². The Hall–Kier alpha value is -1.79. The summed E-state index contributed by atoms with van der Waals surface area (Å²) in [5.74, 6) is 2.50. The van der Waals surface area contributed by atoms with Crippen LogP contribution < -0.4 is 14.2 Å². The fraction of sp³-hybridized carbons (Fsp3) is 0.667. The summed E-state index contributed by atoms with van der Waals surface area (Å²) in [5.41, 5.74) is 2.05. The number of Topliss-reactive ketones (excluding diaryl/α,β-unsaturated/α-hetero) is 1. The van der Waals surface area contributed by atoms with Gasteiger partial charge in [0.15, 0.2) is 11.5 Å². The van der Waals surface area contributed by atoms with Crippen LogP contribution in [0.25, 0.3) is 0 Å². The molecule has 0 radical (unpaired) electrons. The van der Waals surface area contributed by atoms with Crippen molar-refractivity contribution in [1.82, 2.24) is 4.90 Å². The number of hydrogen-bond donors (Lipinski definition) is 0. The fourth-order valence-corrected chi connectivity index (χ4v) is 4.65. The highest BCUT2D eigenvalue weighted by Crippen LogP contribution is 2.50. The highest BCUT2D eigenvalue weighted by atomic mass is 16.7. The lowest BCUT2D eigenvalue weighted by molar-refractivity contribution is -0.134. The summed E-state index contributed by atoms with van der Waals surface area (Å²) < 4.78 is 22.7. The Morgan fingerprint density at radius 2 is 2.19 bits per heavy atom. The highest BCUT2D eigenvalue weighted by Gasteiger charge is 2.38. The lowest BCUT2D eigenvalue weighted by atomic mass is 9.81. The maximum absolute atomic E-state index is 13.2. The van der Waals surface area contributed by atoms with Gasteiger partial charge in [0.1, 0.15) is 5.78 Å². The summed E-state index contributed by atoms with van der Waals surface area (Å²) in [4.78, 5) is 15.4. The fourth-order valence-electron chi connectivity index (χ4n) is 4.65. The third-order valence-corrected chi connectivity index (χ3v) is 6.09. The van der Waals surface area contributed by atoms with Gasteiger partial charge in [-0.15, -0.1) is 0 Å². The normalized spacial score (nSPS) is 26.5. The number of hydrogen-bond acceptors (Lipinski definition) is 6. The lowest BCUT2D eigenvalue weighted by Crippen LogP contribution is -2.39. The third-order valence-electron chi connectivity index (χ3n) is 6.09. The lowest BCUT2D eigenvalue weighted by Gasteiger charge is -2.38. The number of methoxy groups -OCH3 is 1. The zero-order valence-electron chi connectivity index (χ0n) is 16.7. The molecule has 1 fully saturated rings. The topological polar surface area (TPSA) is 57.2 Å². The van der Waals surface area contributed by atoms with Crippen LogP contribution in [0.2, 0.25) is 0 Å². The van der Waals surface area contributed by atoms with Gasteiger partial charge in [0, 0.05) is 37.1 Å². The Kier molecular flexibility index (Phi) is 4.80. The SMILES string of the molecule is COc1c2c(cc3c1C(CC(=O)C1CCOC(C)(C)C1)N(C)CC3)OCO2. The van der Waals surface area contributed by atoms with Gasteiger partial charge < -0.3 is 18.9 Å². The van der Waals surface area contributed by atoms with E-state index in [1.165, 1.54) is 5.56 Å². The van der Waals surface area contributed by atoms with E-state index in [1.807, 2.05) is 0 Å². The van der Waals surface area contributed by atoms with Crippen molar-refractivity contribution in [1.29, 1.82) is 0 Å². The minimum absolute atomic E-state index is 0.00310. The second-order valence-corrected chi connectivity index (χ2v) is 8.43. The van der Waals surface area contributed by atoms with Gasteiger partial charge in [-0.3, -0.25) is 9.69 Å². The summed E-state index contributed by atoms with van der Waals surface area (Å²) in [5, 5.41) is 0. The summed E-state index contributed by atoms with van der Waals surface area (Å²) in [7, 11) is 3.74. The maximum atomic E-state index is 13.2. The van der Waals surface area contributed by atoms with Crippen LogP contribution in [0, 0.1) is 5.92 Å². The quantitative estimate of drug-likeness (QED) is 0.806. The summed E-state index contributed by atoms with van der Waals surface area (Å²) in [6.45, 7) is 5.91. The van der Waals surface area contributed by atoms with Crippen LogP contribution in [0.15, 0.2) is 6.07 Å². The number of rotatable bonds is 4. The predicted octanol–water partition coefficient (Wildman–Crippen LogP) is 3.12. The first kappa shape index (κ1) is 18.6. The van der Waals surface area contributed by atoms with Crippen molar-refractivity contribution in [2.24, 2.45) is 5.92 Å². The van der Waals surface area contributed by atoms with E-state index in [0.717, 1.165) is 42.9 Å². The molecule has 1 aromatic carbocycles. The number of nitrogens with zero attached hydrogens (tertiary/aromatic N) is 1. The van der Waals surface area contributed by atoms with Crippen LogP contribution in [0.4, 0.5) is 0 Å². The van der Waals surface area contributed by atoms with Crippen molar-refractivity contribution in [3.8, 4) is 17.2 Å². The molecule has 2 unspecified atom stereocenters. The summed E-state index contributed by atoms with van der Waals surface area (Å²) in [6, 6.07) is 2.05. The smallest absolute Gasteiger partial charge is 0.231 e. The number of carbonyl (C=O) groups is 1. The molecule has 1 saturated heterocycles. The minimum Gasteiger partial charge on any atom is -0.492 e. The van der Waals surface area contributed by atoms with Crippen LogP contribution in [0.5, 0.6) is 17.2 Å². The van der Waals surface area contributed by atoms with Gasteiger partial charge in [0.05, 0.1) is 12.7 Å². The Bertz CT molecular complexity index is 745. The van der Waals surface area contributed by atoms with E-state index in [0.29, 0.717) is 24.6 Å². The third kappa shape index (κ3) is 3.41. The molecule has 3 aliphatic rings. The largest absolute Gasteiger partial charge is 0.492 e. The van der Waals surface area contributed by atoms with Gasteiger partial charge in [-0.1, -0.05) is 0 Å². The molecule has 6 heteroatoms. The van der Waals surface area contributed by atoms with Gasteiger partial charge >= 0.3 is 0 Å². The first-order valence-electron chi connectivity index (χ1n) is 9.76. The van der Waals surface area contributed by atoms with Crippen LogP contribution in [0.1, 0.15) is 50.3 Å². The number of ether oxygens (including phenoxy) is 4. The van der Waals surface area contributed by atoms with Crippen LogP contribution >= 0.6 is 0 Å². The first-order chi connectivity index (χ1) is 12.9. The molecular formula is C21H29NO5. The van der Waals surface area contributed by atoms with Crippen molar-refractivity contribution in [3.05, 3.63) is 17.2 Å². The number of carbonyl (C=O) groups excluding carboxylic acids is 1. The monoisotopic (exact) mass is 375 g/mol. The molecule has 2 atom stereocenters. The van der Waals surface area contributed by atoms with Crippen molar-refractivity contribution < 1.29 is 23.7 Å². The number of fused-ring (bicyclic) bond motifs is 2. The standard InChI is InChI=1S/C21H29NO5/c1-21(2)11-14(6-8-27-21)16(23)10-15-18-13(5-7-22(15)3)9-17-19(20(18)24-4)26-12-25-17/h9,14-15H,5-8,10-12H2,1-4H3. The second-order valence-electron chi connectivity index (χ2n) is 8.43. The van der Waals surface area contributed by atoms with Crippen LogP contribution in [0.3, 0.4) is 0 Å². The summed E-state index contributed by atoms with van der Waals surface area (Å²) >= 11 is 0. The molecule has 0 N–H and O–H groups in total. The number of ketones is 1. The predicted molar refractivity (Wildman–Crippen MR) is 101 cm³/mol. The van der Waals surface area contributed by atoms with Crippen LogP contribution in [-0.2, 0) is 16.0 Å². The minimum atomic E-state index is -0.224. The molecule has 4 rings (SSSR count). The molecule has 0 bridgehead atoms. The molecule has 0 saturated carbocycles. The van der Waals surface area contributed by atoms with E-state index >= 15 is 0 Å². The Balaban J connectivity index is 1.63. The van der Waals surface area contributed by atoms with Crippen molar-refractivity contribution in [3.63, 3.8) is 0 Å². The van der Waals surface area contributed by atoms with Gasteiger partial charge in [0.25, 0.3) is 0 Å². The Morgan fingerprint density at radius 3 is 2.93 bits per heavy atom.